The number of hydrogen-bond donors (Lipinski definition) is 1. The van der Waals surface area contributed by atoms with E-state index in [1.165, 1.54) is 37.4 Å². The van der Waals surface area contributed by atoms with E-state index in [1.54, 1.807) is 6.07 Å². The van der Waals surface area contributed by atoms with E-state index in [0.29, 0.717) is 5.75 Å². The summed E-state index contributed by atoms with van der Waals surface area (Å²) in [5, 5.41) is 20.8. The fourth-order valence-electron chi connectivity index (χ4n) is 2.09. The third-order valence-corrected chi connectivity index (χ3v) is 3.28. The maximum Gasteiger partial charge on any atom is 0.200 e. The number of anilines is 1. The molecule has 1 N–H and O–H groups in total. The maximum absolute atomic E-state index is 14.2. The zero-order chi connectivity index (χ0) is 16.3. The molecule has 1 aromatic rings. The van der Waals surface area contributed by atoms with Crippen LogP contribution < -0.4 is 10.1 Å². The van der Waals surface area contributed by atoms with Gasteiger partial charge < -0.3 is 10.1 Å². The van der Waals surface area contributed by atoms with Gasteiger partial charge in [-0.1, -0.05) is 0 Å². The highest BCUT2D eigenvalue weighted by Crippen LogP contribution is 2.41. The average Bonchev–Trinajstić information content (AvgIpc) is 2.53. The van der Waals surface area contributed by atoms with Crippen LogP contribution in [-0.2, 0) is 0 Å². The summed E-state index contributed by atoms with van der Waals surface area (Å²) < 4.78 is 46.2. The summed E-state index contributed by atoms with van der Waals surface area (Å²) in [6.45, 7) is 0. The van der Waals surface area contributed by atoms with Gasteiger partial charge in [0, 0.05) is 11.8 Å². The van der Waals surface area contributed by atoms with Crippen LogP contribution in [0.15, 0.2) is 47.8 Å². The zero-order valence-corrected chi connectivity index (χ0v) is 11.4. The van der Waals surface area contributed by atoms with Crippen LogP contribution in [0, 0.1) is 28.6 Å². The Morgan fingerprint density at radius 2 is 1.82 bits per heavy atom. The minimum absolute atomic E-state index is 0.251. The van der Waals surface area contributed by atoms with Crippen molar-refractivity contribution in [2.24, 2.45) is 5.92 Å². The second kappa shape index (κ2) is 5.82. The number of halogens is 3. The molecule has 0 aliphatic heterocycles. The Morgan fingerprint density at radius 3 is 2.32 bits per heavy atom. The topological polar surface area (TPSA) is 68.8 Å². The maximum atomic E-state index is 14.2. The molecular formula is C15H10F3N3O. The molecule has 0 radical (unpaired) electrons. The number of rotatable bonds is 3. The van der Waals surface area contributed by atoms with E-state index in [9.17, 15) is 18.4 Å². The highest BCUT2D eigenvalue weighted by atomic mass is 19.2. The molecule has 22 heavy (non-hydrogen) atoms. The molecule has 0 saturated carbocycles. The van der Waals surface area contributed by atoms with Gasteiger partial charge in [-0.15, -0.1) is 0 Å². The quantitative estimate of drug-likeness (QED) is 0.927. The normalized spacial score (nSPS) is 24.1. The van der Waals surface area contributed by atoms with Crippen LogP contribution in [0.4, 0.5) is 18.9 Å². The molecule has 2 atom stereocenters. The van der Waals surface area contributed by atoms with Crippen molar-refractivity contribution in [3.63, 3.8) is 0 Å². The predicted octanol–water partition coefficient (Wildman–Crippen LogP) is 3.53. The molecule has 1 aliphatic carbocycles. The smallest absolute Gasteiger partial charge is 0.200 e. The van der Waals surface area contributed by atoms with Crippen molar-refractivity contribution in [1.29, 1.82) is 10.5 Å². The standard InChI is InChI=1S/C15H10F3N3O/c1-22-10-4-2-9(3-5-10)21-15(8-20)11(7-19)14(18)12(16)6-13(15)17/h2-6,11,21H,1H3. The fourth-order valence-corrected chi connectivity index (χ4v) is 2.09. The van der Waals surface area contributed by atoms with Crippen LogP contribution in [0.2, 0.25) is 0 Å². The number of ether oxygens (including phenoxy) is 1. The summed E-state index contributed by atoms with van der Waals surface area (Å²) >= 11 is 0. The minimum atomic E-state index is -2.33. The summed E-state index contributed by atoms with van der Waals surface area (Å²) in [5.41, 5.74) is -2.08. The summed E-state index contributed by atoms with van der Waals surface area (Å²) in [4.78, 5) is 0. The SMILES string of the molecule is COc1ccc(NC2(C#N)C(F)=CC(F)=C(F)C2C#N)cc1. The Morgan fingerprint density at radius 1 is 1.18 bits per heavy atom. The number of nitrogens with one attached hydrogen (secondary N) is 1. The Labute approximate surface area is 124 Å². The van der Waals surface area contributed by atoms with Gasteiger partial charge in [0.15, 0.2) is 17.2 Å². The number of benzene rings is 1. The van der Waals surface area contributed by atoms with Crippen molar-refractivity contribution >= 4 is 5.69 Å². The van der Waals surface area contributed by atoms with Crippen LogP contribution in [-0.4, -0.2) is 12.6 Å². The van der Waals surface area contributed by atoms with Crippen molar-refractivity contribution in [2.45, 2.75) is 5.54 Å². The first-order chi connectivity index (χ1) is 10.5. The van der Waals surface area contributed by atoms with E-state index in [0.717, 1.165) is 0 Å². The molecule has 0 bridgehead atoms. The molecule has 4 nitrogen and oxygen atoms in total. The summed E-state index contributed by atoms with van der Waals surface area (Å²) in [6, 6.07) is 8.98. The minimum Gasteiger partial charge on any atom is -0.497 e. The summed E-state index contributed by atoms with van der Waals surface area (Å²) in [5.74, 6) is -5.66. The zero-order valence-electron chi connectivity index (χ0n) is 11.4. The highest BCUT2D eigenvalue weighted by Gasteiger charge is 2.50. The first-order valence-electron chi connectivity index (χ1n) is 6.14. The Bertz CT molecular complexity index is 728. The summed E-state index contributed by atoms with van der Waals surface area (Å²) in [7, 11) is 1.46. The van der Waals surface area contributed by atoms with Crippen molar-refractivity contribution < 1.29 is 17.9 Å². The Hall–Kier alpha value is -2.93. The van der Waals surface area contributed by atoms with E-state index in [2.05, 4.69) is 5.32 Å². The molecule has 0 fully saturated rings. The third kappa shape index (κ3) is 2.38. The lowest BCUT2D eigenvalue weighted by molar-refractivity contribution is 0.364. The van der Waals surface area contributed by atoms with E-state index < -0.39 is 28.9 Å². The monoisotopic (exact) mass is 305 g/mol. The van der Waals surface area contributed by atoms with Crippen molar-refractivity contribution in [2.75, 3.05) is 12.4 Å². The molecule has 0 saturated heterocycles. The number of nitrogens with zero attached hydrogens (tertiary/aromatic N) is 2. The van der Waals surface area contributed by atoms with E-state index in [4.69, 9.17) is 10.00 Å². The van der Waals surface area contributed by atoms with Gasteiger partial charge in [-0.3, -0.25) is 0 Å². The third-order valence-electron chi connectivity index (χ3n) is 3.28. The van der Waals surface area contributed by atoms with Crippen molar-refractivity contribution in [3.8, 4) is 17.9 Å². The van der Waals surface area contributed by atoms with Gasteiger partial charge >= 0.3 is 0 Å². The van der Waals surface area contributed by atoms with E-state index in [1.807, 2.05) is 0 Å². The van der Waals surface area contributed by atoms with E-state index >= 15 is 0 Å². The molecule has 2 rings (SSSR count). The molecule has 0 amide bonds. The molecule has 112 valence electrons. The molecule has 0 spiro atoms. The Balaban J connectivity index is 2.46. The lowest BCUT2D eigenvalue weighted by atomic mass is 9.80. The van der Waals surface area contributed by atoms with Gasteiger partial charge in [-0.05, 0) is 24.3 Å². The van der Waals surface area contributed by atoms with E-state index in [-0.39, 0.29) is 11.8 Å². The predicted molar refractivity (Wildman–Crippen MR) is 72.5 cm³/mol. The molecule has 0 heterocycles. The molecule has 1 aliphatic rings. The highest BCUT2D eigenvalue weighted by molar-refractivity contribution is 5.57. The number of allylic oxidation sites excluding steroid dienone is 2. The molecule has 0 aromatic heterocycles. The fraction of sp³-hybridized carbons (Fsp3) is 0.200. The van der Waals surface area contributed by atoms with Crippen LogP contribution in [0.5, 0.6) is 5.75 Å². The summed E-state index contributed by atoms with van der Waals surface area (Å²) in [6.07, 6.45) is 0.267. The van der Waals surface area contributed by atoms with Gasteiger partial charge in [-0.2, -0.15) is 10.5 Å². The van der Waals surface area contributed by atoms with Crippen LogP contribution in [0.3, 0.4) is 0 Å². The molecular weight excluding hydrogens is 295 g/mol. The van der Waals surface area contributed by atoms with Crippen LogP contribution >= 0.6 is 0 Å². The number of methoxy groups -OCH3 is 1. The van der Waals surface area contributed by atoms with Gasteiger partial charge in [0.1, 0.15) is 23.6 Å². The van der Waals surface area contributed by atoms with Crippen molar-refractivity contribution in [1.82, 2.24) is 0 Å². The van der Waals surface area contributed by atoms with Gasteiger partial charge in [-0.25, -0.2) is 13.2 Å². The number of nitriles is 2. The van der Waals surface area contributed by atoms with Gasteiger partial charge in [0.05, 0.1) is 13.2 Å². The lowest BCUT2D eigenvalue weighted by Gasteiger charge is -2.32. The molecule has 2 unspecified atom stereocenters. The first-order valence-corrected chi connectivity index (χ1v) is 6.14. The average molecular weight is 305 g/mol. The molecule has 7 heteroatoms. The van der Waals surface area contributed by atoms with Gasteiger partial charge in [0.25, 0.3) is 0 Å². The van der Waals surface area contributed by atoms with Crippen molar-refractivity contribution in [3.05, 3.63) is 47.8 Å². The second-order valence-corrected chi connectivity index (χ2v) is 4.52. The first kappa shape index (κ1) is 15.5. The van der Waals surface area contributed by atoms with Crippen LogP contribution in [0.1, 0.15) is 0 Å². The Kier molecular flexibility index (Phi) is 4.09. The lowest BCUT2D eigenvalue weighted by Crippen LogP contribution is -2.46. The van der Waals surface area contributed by atoms with Crippen LogP contribution in [0.25, 0.3) is 0 Å². The number of hydrogen-bond acceptors (Lipinski definition) is 4. The molecule has 1 aromatic carbocycles. The second-order valence-electron chi connectivity index (χ2n) is 4.52. The largest absolute Gasteiger partial charge is 0.497 e. The van der Waals surface area contributed by atoms with Gasteiger partial charge in [0.2, 0.25) is 0 Å².